The fourth-order valence-corrected chi connectivity index (χ4v) is 1.10. The van der Waals surface area contributed by atoms with Crippen LogP contribution < -0.4 is 5.32 Å². The van der Waals surface area contributed by atoms with Gasteiger partial charge in [-0.05, 0) is 12.3 Å². The summed E-state index contributed by atoms with van der Waals surface area (Å²) in [6, 6.07) is -0.930. The van der Waals surface area contributed by atoms with Gasteiger partial charge in [-0.25, -0.2) is 0 Å². The first-order valence-corrected chi connectivity index (χ1v) is 4.90. The molecule has 0 rings (SSSR count). The van der Waals surface area contributed by atoms with Crippen LogP contribution in [-0.4, -0.2) is 35.8 Å². The van der Waals surface area contributed by atoms with Gasteiger partial charge in [-0.3, -0.25) is 4.79 Å². The van der Waals surface area contributed by atoms with Crippen LogP contribution in [0.3, 0.4) is 0 Å². The second-order valence-corrected chi connectivity index (χ2v) is 3.91. The molecule has 0 aliphatic rings. The van der Waals surface area contributed by atoms with Crippen molar-refractivity contribution in [1.82, 2.24) is 5.32 Å². The van der Waals surface area contributed by atoms with Crippen molar-refractivity contribution in [3.63, 3.8) is 0 Å². The van der Waals surface area contributed by atoms with Gasteiger partial charge in [-0.1, -0.05) is 13.8 Å². The summed E-state index contributed by atoms with van der Waals surface area (Å²) < 4.78 is 60.8. The van der Waals surface area contributed by atoms with Crippen LogP contribution in [0.1, 0.15) is 20.3 Å². The van der Waals surface area contributed by atoms with Crippen LogP contribution in [0.4, 0.5) is 22.0 Å². The minimum atomic E-state index is -5.92. The maximum atomic E-state index is 12.6. The van der Waals surface area contributed by atoms with Crippen LogP contribution in [0.25, 0.3) is 0 Å². The van der Waals surface area contributed by atoms with Crippen molar-refractivity contribution in [3.8, 4) is 0 Å². The Labute approximate surface area is 95.0 Å². The highest BCUT2D eigenvalue weighted by molar-refractivity contribution is 5.84. The Morgan fingerprint density at radius 1 is 1.24 bits per heavy atom. The van der Waals surface area contributed by atoms with Gasteiger partial charge < -0.3 is 10.4 Å². The van der Waals surface area contributed by atoms with Gasteiger partial charge >= 0.3 is 18.0 Å². The van der Waals surface area contributed by atoms with Gasteiger partial charge in [0.1, 0.15) is 0 Å². The zero-order valence-electron chi connectivity index (χ0n) is 9.31. The second-order valence-electron chi connectivity index (χ2n) is 3.91. The minimum Gasteiger partial charge on any atom is -0.396 e. The predicted molar refractivity (Wildman–Crippen MR) is 49.5 cm³/mol. The first-order chi connectivity index (χ1) is 7.54. The summed E-state index contributed by atoms with van der Waals surface area (Å²) >= 11 is 0. The monoisotopic (exact) mass is 263 g/mol. The molecule has 0 spiro atoms. The zero-order chi connectivity index (χ0) is 13.9. The topological polar surface area (TPSA) is 49.3 Å². The third-order valence-electron chi connectivity index (χ3n) is 2.20. The summed E-state index contributed by atoms with van der Waals surface area (Å²) in [5.74, 6) is -8.18. The quantitative estimate of drug-likeness (QED) is 0.742. The van der Waals surface area contributed by atoms with Crippen molar-refractivity contribution in [2.24, 2.45) is 5.92 Å². The van der Waals surface area contributed by atoms with E-state index in [1.807, 2.05) is 0 Å². The molecule has 0 saturated carbocycles. The summed E-state index contributed by atoms with van der Waals surface area (Å²) in [7, 11) is 0. The van der Waals surface area contributed by atoms with E-state index in [9.17, 15) is 26.7 Å². The Bertz CT molecular complexity index is 265. The van der Waals surface area contributed by atoms with Gasteiger partial charge in [0.25, 0.3) is 0 Å². The molecule has 0 saturated heterocycles. The third-order valence-corrected chi connectivity index (χ3v) is 2.20. The van der Waals surface area contributed by atoms with Crippen molar-refractivity contribution in [1.29, 1.82) is 0 Å². The number of hydrogen-bond donors (Lipinski definition) is 2. The fourth-order valence-electron chi connectivity index (χ4n) is 1.10. The maximum absolute atomic E-state index is 12.6. The lowest BCUT2D eigenvalue weighted by atomic mass is 10.0. The number of carbonyl (C=O) groups excluding carboxylic acids is 1. The number of alkyl halides is 5. The molecule has 1 amide bonds. The van der Waals surface area contributed by atoms with E-state index in [4.69, 9.17) is 5.11 Å². The molecule has 1 unspecified atom stereocenters. The molecule has 3 nitrogen and oxygen atoms in total. The largest absolute Gasteiger partial charge is 0.463 e. The van der Waals surface area contributed by atoms with E-state index in [2.05, 4.69) is 0 Å². The molecule has 17 heavy (non-hydrogen) atoms. The van der Waals surface area contributed by atoms with E-state index >= 15 is 0 Å². The van der Waals surface area contributed by atoms with Crippen LogP contribution in [0.2, 0.25) is 0 Å². The average molecular weight is 263 g/mol. The van der Waals surface area contributed by atoms with Crippen LogP contribution in [-0.2, 0) is 4.79 Å². The van der Waals surface area contributed by atoms with Crippen LogP contribution in [0.15, 0.2) is 0 Å². The minimum absolute atomic E-state index is 0.0860. The van der Waals surface area contributed by atoms with Gasteiger partial charge in [0.2, 0.25) is 0 Å². The number of aliphatic hydroxyl groups is 1. The van der Waals surface area contributed by atoms with Gasteiger partial charge in [0, 0.05) is 12.6 Å². The summed E-state index contributed by atoms with van der Waals surface area (Å²) in [5, 5.41) is 10.2. The van der Waals surface area contributed by atoms with Crippen LogP contribution in [0.5, 0.6) is 0 Å². The summed E-state index contributed by atoms with van der Waals surface area (Å²) in [4.78, 5) is 10.8. The van der Waals surface area contributed by atoms with E-state index in [1.54, 1.807) is 5.32 Å². The molecule has 0 radical (unpaired) electrons. The van der Waals surface area contributed by atoms with Gasteiger partial charge in [0.15, 0.2) is 0 Å². The molecule has 0 aromatic heterocycles. The Kier molecular flexibility index (Phi) is 5.31. The number of carbonyl (C=O) groups is 1. The molecule has 102 valence electrons. The highest BCUT2D eigenvalue weighted by atomic mass is 19.4. The highest BCUT2D eigenvalue weighted by Gasteiger charge is 2.63. The first kappa shape index (κ1) is 16.1. The molecule has 0 aromatic rings. The molecule has 0 fully saturated rings. The molecular weight excluding hydrogens is 249 g/mol. The number of halogens is 5. The number of nitrogens with one attached hydrogen (secondary N) is 1. The SMILES string of the molecule is CC(C)C(CCO)NC(=O)C(F)(F)C(F)(F)F. The van der Waals surface area contributed by atoms with Crippen LogP contribution in [0, 0.1) is 5.92 Å². The molecule has 0 aliphatic carbocycles. The summed E-state index contributed by atoms with van der Waals surface area (Å²) in [5.41, 5.74) is 0. The molecule has 1 atom stereocenters. The Balaban J connectivity index is 4.72. The third kappa shape index (κ3) is 4.10. The van der Waals surface area contributed by atoms with Crippen molar-refractivity contribution in [2.75, 3.05) is 6.61 Å². The Morgan fingerprint density at radius 3 is 2.00 bits per heavy atom. The lowest BCUT2D eigenvalue weighted by molar-refractivity contribution is -0.270. The summed E-state index contributed by atoms with van der Waals surface area (Å²) in [6.45, 7) is 2.65. The molecular formula is C9H14F5NO2. The van der Waals surface area contributed by atoms with E-state index in [-0.39, 0.29) is 12.3 Å². The molecule has 0 bridgehead atoms. The van der Waals surface area contributed by atoms with Crippen molar-refractivity contribution in [3.05, 3.63) is 0 Å². The lowest BCUT2D eigenvalue weighted by Crippen LogP contribution is -2.54. The molecule has 0 aromatic carbocycles. The average Bonchev–Trinajstić information content (AvgIpc) is 2.14. The maximum Gasteiger partial charge on any atom is 0.463 e. The van der Waals surface area contributed by atoms with Gasteiger partial charge in [-0.15, -0.1) is 0 Å². The normalized spacial score (nSPS) is 14.9. The highest BCUT2D eigenvalue weighted by Crippen LogP contribution is 2.35. The predicted octanol–water partition coefficient (Wildman–Crippen LogP) is 1.71. The van der Waals surface area contributed by atoms with Crippen molar-refractivity contribution < 1.29 is 31.9 Å². The molecule has 0 heterocycles. The molecule has 2 N–H and O–H groups in total. The lowest BCUT2D eigenvalue weighted by Gasteiger charge is -2.25. The molecule has 0 aliphatic heterocycles. The van der Waals surface area contributed by atoms with E-state index in [0.717, 1.165) is 0 Å². The zero-order valence-corrected chi connectivity index (χ0v) is 9.31. The van der Waals surface area contributed by atoms with E-state index in [0.29, 0.717) is 0 Å². The van der Waals surface area contributed by atoms with Crippen LogP contribution >= 0.6 is 0 Å². The van der Waals surface area contributed by atoms with Gasteiger partial charge in [0.05, 0.1) is 0 Å². The second kappa shape index (κ2) is 5.61. The van der Waals surface area contributed by atoms with Crippen molar-refractivity contribution in [2.45, 2.75) is 38.4 Å². The number of rotatable bonds is 5. The Hall–Kier alpha value is -0.920. The van der Waals surface area contributed by atoms with Gasteiger partial charge in [-0.2, -0.15) is 22.0 Å². The smallest absolute Gasteiger partial charge is 0.396 e. The first-order valence-electron chi connectivity index (χ1n) is 4.90. The Morgan fingerprint density at radius 2 is 1.71 bits per heavy atom. The molecule has 8 heteroatoms. The standard InChI is InChI=1S/C9H14F5NO2/c1-5(2)6(3-4-16)15-7(17)8(10,11)9(12,13)14/h5-6,16H,3-4H2,1-2H3,(H,15,17). The van der Waals surface area contributed by atoms with E-state index < -0.39 is 30.7 Å². The van der Waals surface area contributed by atoms with Crippen molar-refractivity contribution >= 4 is 5.91 Å². The van der Waals surface area contributed by atoms with E-state index in [1.165, 1.54) is 13.8 Å². The fraction of sp³-hybridized carbons (Fsp3) is 0.889. The number of hydrogen-bond acceptors (Lipinski definition) is 2. The number of aliphatic hydroxyl groups excluding tert-OH is 1. The number of amides is 1. The summed E-state index contributed by atoms with van der Waals surface area (Å²) in [6.07, 6.45) is -6.00.